The standard InChI is InChI=1S/C17H23NOSi/c1-2-19-20(15-9-14-18,16-10-5-3-6-11-16)17-12-7-4-8-13-17/h3-8,10-13H,2,9,14-15,18H2,1H3. The average Bonchev–Trinajstić information content (AvgIpc) is 2.53. The van der Waals surface area contributed by atoms with Crippen LogP contribution < -0.4 is 16.1 Å². The van der Waals surface area contributed by atoms with Crippen molar-refractivity contribution in [3.63, 3.8) is 0 Å². The highest BCUT2D eigenvalue weighted by molar-refractivity contribution is 6.97. The van der Waals surface area contributed by atoms with E-state index in [1.165, 1.54) is 10.4 Å². The van der Waals surface area contributed by atoms with Crippen LogP contribution in [0.3, 0.4) is 0 Å². The quantitative estimate of drug-likeness (QED) is 0.791. The van der Waals surface area contributed by atoms with Crippen LogP contribution in [0.15, 0.2) is 60.7 Å². The van der Waals surface area contributed by atoms with E-state index < -0.39 is 8.32 Å². The van der Waals surface area contributed by atoms with Crippen LogP contribution in [-0.2, 0) is 4.43 Å². The van der Waals surface area contributed by atoms with Gasteiger partial charge in [-0.05, 0) is 36.3 Å². The third kappa shape index (κ3) is 3.18. The molecular formula is C17H23NOSi. The van der Waals surface area contributed by atoms with Crippen LogP contribution in [0.1, 0.15) is 13.3 Å². The average molecular weight is 285 g/mol. The Balaban J connectivity index is 2.50. The smallest absolute Gasteiger partial charge is 0.255 e. The fraction of sp³-hybridized carbons (Fsp3) is 0.294. The molecule has 0 heterocycles. The van der Waals surface area contributed by atoms with Crippen molar-refractivity contribution >= 4 is 18.7 Å². The van der Waals surface area contributed by atoms with Gasteiger partial charge in [-0.25, -0.2) is 0 Å². The lowest BCUT2D eigenvalue weighted by molar-refractivity contribution is 0.337. The maximum Gasteiger partial charge on any atom is 0.255 e. The Morgan fingerprint density at radius 2 is 1.40 bits per heavy atom. The van der Waals surface area contributed by atoms with Gasteiger partial charge in [-0.2, -0.15) is 0 Å². The number of hydrogen-bond acceptors (Lipinski definition) is 2. The summed E-state index contributed by atoms with van der Waals surface area (Å²) in [5.41, 5.74) is 5.75. The van der Waals surface area contributed by atoms with Crippen LogP contribution in [0.2, 0.25) is 6.04 Å². The molecule has 2 aromatic carbocycles. The molecule has 0 saturated heterocycles. The fourth-order valence-corrected chi connectivity index (χ4v) is 6.75. The summed E-state index contributed by atoms with van der Waals surface area (Å²) in [5, 5.41) is 2.67. The maximum atomic E-state index is 6.39. The lowest BCUT2D eigenvalue weighted by Crippen LogP contribution is -2.60. The summed E-state index contributed by atoms with van der Waals surface area (Å²) in [5.74, 6) is 0. The molecule has 0 aromatic heterocycles. The monoisotopic (exact) mass is 285 g/mol. The molecule has 0 spiro atoms. The molecule has 0 unspecified atom stereocenters. The number of hydrogen-bond donors (Lipinski definition) is 1. The van der Waals surface area contributed by atoms with Crippen molar-refractivity contribution in [3.05, 3.63) is 60.7 Å². The summed E-state index contributed by atoms with van der Waals surface area (Å²) in [6, 6.07) is 22.3. The van der Waals surface area contributed by atoms with Gasteiger partial charge in [0.15, 0.2) is 0 Å². The van der Waals surface area contributed by atoms with Gasteiger partial charge < -0.3 is 10.2 Å². The molecule has 0 aliphatic carbocycles. The Kier molecular flexibility index (Phi) is 5.53. The molecule has 0 fully saturated rings. The van der Waals surface area contributed by atoms with Gasteiger partial charge in [-0.3, -0.25) is 0 Å². The Labute approximate surface area is 122 Å². The van der Waals surface area contributed by atoms with E-state index in [4.69, 9.17) is 10.2 Å². The topological polar surface area (TPSA) is 35.2 Å². The Morgan fingerprint density at radius 3 is 1.80 bits per heavy atom. The highest BCUT2D eigenvalue weighted by atomic mass is 28.4. The second-order valence-electron chi connectivity index (χ2n) is 4.88. The van der Waals surface area contributed by atoms with Crippen LogP contribution in [0.5, 0.6) is 0 Å². The van der Waals surface area contributed by atoms with Crippen LogP contribution in [-0.4, -0.2) is 21.5 Å². The summed E-state index contributed by atoms with van der Waals surface area (Å²) in [7, 11) is -2.15. The summed E-state index contributed by atoms with van der Waals surface area (Å²) >= 11 is 0. The molecule has 2 aromatic rings. The SMILES string of the molecule is CCO[Si](CCCN)(c1ccccc1)c1ccccc1. The zero-order valence-electron chi connectivity index (χ0n) is 12.1. The Hall–Kier alpha value is -1.42. The lowest BCUT2D eigenvalue weighted by atomic mass is 10.4. The molecule has 20 heavy (non-hydrogen) atoms. The molecule has 106 valence electrons. The summed E-state index contributed by atoms with van der Waals surface area (Å²) in [4.78, 5) is 0. The van der Waals surface area contributed by atoms with Crippen LogP contribution in [0.4, 0.5) is 0 Å². The van der Waals surface area contributed by atoms with Crippen molar-refractivity contribution < 1.29 is 4.43 Å². The van der Waals surface area contributed by atoms with E-state index in [9.17, 15) is 0 Å². The Morgan fingerprint density at radius 1 is 0.900 bits per heavy atom. The van der Waals surface area contributed by atoms with Crippen molar-refractivity contribution in [2.24, 2.45) is 5.73 Å². The highest BCUT2D eigenvalue weighted by Gasteiger charge is 2.38. The maximum absolute atomic E-state index is 6.39. The molecule has 0 amide bonds. The second-order valence-corrected chi connectivity index (χ2v) is 8.48. The normalized spacial score (nSPS) is 11.5. The molecule has 2 N–H and O–H groups in total. The third-order valence-electron chi connectivity index (χ3n) is 3.60. The molecule has 0 saturated carbocycles. The molecular weight excluding hydrogens is 262 g/mol. The molecule has 0 radical (unpaired) electrons. The minimum Gasteiger partial charge on any atom is -0.408 e. The van der Waals surface area contributed by atoms with E-state index in [2.05, 4.69) is 67.6 Å². The number of nitrogens with two attached hydrogens (primary N) is 1. The highest BCUT2D eigenvalue weighted by Crippen LogP contribution is 2.15. The molecule has 0 bridgehead atoms. The van der Waals surface area contributed by atoms with Crippen molar-refractivity contribution in [2.45, 2.75) is 19.4 Å². The van der Waals surface area contributed by atoms with Gasteiger partial charge in [0.1, 0.15) is 0 Å². The van der Waals surface area contributed by atoms with E-state index >= 15 is 0 Å². The molecule has 0 atom stereocenters. The molecule has 2 nitrogen and oxygen atoms in total. The fourth-order valence-electron chi connectivity index (χ4n) is 2.71. The van der Waals surface area contributed by atoms with Crippen molar-refractivity contribution in [1.29, 1.82) is 0 Å². The van der Waals surface area contributed by atoms with E-state index in [-0.39, 0.29) is 0 Å². The van der Waals surface area contributed by atoms with Gasteiger partial charge in [0, 0.05) is 6.61 Å². The zero-order chi connectivity index (χ0) is 14.3. The first-order valence-electron chi connectivity index (χ1n) is 7.28. The summed E-state index contributed by atoms with van der Waals surface area (Å²) < 4.78 is 6.39. The third-order valence-corrected chi connectivity index (χ3v) is 7.97. The van der Waals surface area contributed by atoms with Gasteiger partial charge in [-0.15, -0.1) is 0 Å². The van der Waals surface area contributed by atoms with Gasteiger partial charge in [-0.1, -0.05) is 60.7 Å². The second kappa shape index (κ2) is 7.38. The number of rotatable bonds is 7. The molecule has 0 aliphatic heterocycles. The van der Waals surface area contributed by atoms with E-state index in [1.54, 1.807) is 0 Å². The number of benzene rings is 2. The predicted molar refractivity (Wildman–Crippen MR) is 88.0 cm³/mol. The molecule has 2 rings (SSSR count). The first-order chi connectivity index (χ1) is 9.83. The van der Waals surface area contributed by atoms with E-state index in [1.807, 2.05) is 0 Å². The van der Waals surface area contributed by atoms with Gasteiger partial charge in [0.05, 0.1) is 0 Å². The van der Waals surface area contributed by atoms with Gasteiger partial charge in [0.2, 0.25) is 0 Å². The lowest BCUT2D eigenvalue weighted by Gasteiger charge is -2.32. The minimum absolute atomic E-state index is 0.710. The zero-order valence-corrected chi connectivity index (χ0v) is 13.1. The Bertz CT molecular complexity index is 461. The van der Waals surface area contributed by atoms with E-state index in [0.717, 1.165) is 19.1 Å². The molecule has 3 heteroatoms. The van der Waals surface area contributed by atoms with E-state index in [0.29, 0.717) is 6.54 Å². The predicted octanol–water partition coefficient (Wildman–Crippen LogP) is 2.13. The minimum atomic E-state index is -2.15. The molecule has 0 aliphatic rings. The van der Waals surface area contributed by atoms with Crippen molar-refractivity contribution in [2.75, 3.05) is 13.2 Å². The van der Waals surface area contributed by atoms with Crippen molar-refractivity contribution in [3.8, 4) is 0 Å². The van der Waals surface area contributed by atoms with Crippen LogP contribution in [0, 0.1) is 0 Å². The first kappa shape index (κ1) is 15.0. The van der Waals surface area contributed by atoms with Gasteiger partial charge >= 0.3 is 0 Å². The first-order valence-corrected chi connectivity index (χ1v) is 9.40. The largest absolute Gasteiger partial charge is 0.408 e. The van der Waals surface area contributed by atoms with Crippen LogP contribution in [0.25, 0.3) is 0 Å². The van der Waals surface area contributed by atoms with Gasteiger partial charge in [0.25, 0.3) is 8.32 Å². The van der Waals surface area contributed by atoms with Crippen molar-refractivity contribution in [1.82, 2.24) is 0 Å². The summed E-state index contributed by atoms with van der Waals surface area (Å²) in [6.07, 6.45) is 0.996. The summed E-state index contributed by atoms with van der Waals surface area (Å²) in [6.45, 7) is 3.53. The van der Waals surface area contributed by atoms with Crippen LogP contribution >= 0.6 is 0 Å².